The van der Waals surface area contributed by atoms with Crippen LogP contribution in [-0.2, 0) is 16.6 Å². The van der Waals surface area contributed by atoms with E-state index in [1.807, 2.05) is 39.0 Å². The van der Waals surface area contributed by atoms with E-state index in [4.69, 9.17) is 5.73 Å². The summed E-state index contributed by atoms with van der Waals surface area (Å²) in [6.07, 6.45) is 1.50. The molecule has 0 radical (unpaired) electrons. The van der Waals surface area contributed by atoms with Crippen LogP contribution in [0.3, 0.4) is 0 Å². The van der Waals surface area contributed by atoms with Gasteiger partial charge in [-0.05, 0) is 36.5 Å². The quantitative estimate of drug-likeness (QED) is 0.751. The standard InChI is InChI=1S/C15H26N2O2S/c1-4-9-17(20(18,19)10-8-13(2)3)12-14-6-5-7-15(16)11-14/h5-7,11,13H,4,8-10,12,16H2,1-3H3. The average molecular weight is 298 g/mol. The topological polar surface area (TPSA) is 63.4 Å². The molecule has 0 atom stereocenters. The summed E-state index contributed by atoms with van der Waals surface area (Å²) in [7, 11) is -3.20. The van der Waals surface area contributed by atoms with E-state index in [1.165, 1.54) is 0 Å². The number of nitrogens with two attached hydrogens (primary N) is 1. The summed E-state index contributed by atoms with van der Waals surface area (Å²) in [5, 5.41) is 0. The molecule has 1 rings (SSSR count). The first kappa shape index (κ1) is 17.0. The van der Waals surface area contributed by atoms with Gasteiger partial charge < -0.3 is 5.73 Å². The van der Waals surface area contributed by atoms with Gasteiger partial charge in [0.25, 0.3) is 0 Å². The fourth-order valence-corrected chi connectivity index (χ4v) is 3.81. The number of benzene rings is 1. The molecule has 0 saturated heterocycles. The van der Waals surface area contributed by atoms with Gasteiger partial charge in [0.2, 0.25) is 10.0 Å². The van der Waals surface area contributed by atoms with E-state index >= 15 is 0 Å². The van der Waals surface area contributed by atoms with Crippen LogP contribution < -0.4 is 5.73 Å². The molecule has 0 unspecified atom stereocenters. The van der Waals surface area contributed by atoms with Crippen LogP contribution in [0.4, 0.5) is 5.69 Å². The molecule has 0 amide bonds. The lowest BCUT2D eigenvalue weighted by atomic mass is 10.2. The van der Waals surface area contributed by atoms with Crippen LogP contribution in [0.2, 0.25) is 0 Å². The van der Waals surface area contributed by atoms with E-state index in [0.29, 0.717) is 31.1 Å². The normalized spacial score (nSPS) is 12.2. The Morgan fingerprint density at radius 2 is 2.00 bits per heavy atom. The van der Waals surface area contributed by atoms with Crippen molar-refractivity contribution in [3.63, 3.8) is 0 Å². The molecule has 0 bridgehead atoms. The molecule has 20 heavy (non-hydrogen) atoms. The van der Waals surface area contributed by atoms with Gasteiger partial charge in [-0.3, -0.25) is 0 Å². The minimum atomic E-state index is -3.20. The largest absolute Gasteiger partial charge is 0.399 e. The molecule has 0 aliphatic rings. The van der Waals surface area contributed by atoms with Crippen molar-refractivity contribution in [3.8, 4) is 0 Å². The second kappa shape index (κ2) is 7.64. The maximum Gasteiger partial charge on any atom is 0.214 e. The summed E-state index contributed by atoms with van der Waals surface area (Å²) in [4.78, 5) is 0. The lowest BCUT2D eigenvalue weighted by molar-refractivity contribution is 0.402. The smallest absolute Gasteiger partial charge is 0.214 e. The van der Waals surface area contributed by atoms with Crippen LogP contribution in [0.15, 0.2) is 24.3 Å². The zero-order chi connectivity index (χ0) is 15.2. The fourth-order valence-electron chi connectivity index (χ4n) is 1.97. The van der Waals surface area contributed by atoms with E-state index in [9.17, 15) is 8.42 Å². The van der Waals surface area contributed by atoms with Crippen molar-refractivity contribution in [3.05, 3.63) is 29.8 Å². The summed E-state index contributed by atoms with van der Waals surface area (Å²) in [5.41, 5.74) is 7.35. The van der Waals surface area contributed by atoms with Gasteiger partial charge in [-0.2, -0.15) is 4.31 Å². The van der Waals surface area contributed by atoms with Gasteiger partial charge in [-0.25, -0.2) is 8.42 Å². The Hall–Kier alpha value is -1.07. The van der Waals surface area contributed by atoms with Crippen molar-refractivity contribution in [2.45, 2.75) is 40.2 Å². The monoisotopic (exact) mass is 298 g/mol. The Morgan fingerprint density at radius 3 is 2.55 bits per heavy atom. The molecule has 2 N–H and O–H groups in total. The molecule has 0 aliphatic heterocycles. The van der Waals surface area contributed by atoms with E-state index < -0.39 is 10.0 Å². The molecule has 0 spiro atoms. The molecule has 1 aromatic rings. The third-order valence-corrected chi connectivity index (χ3v) is 4.98. The van der Waals surface area contributed by atoms with E-state index in [2.05, 4.69) is 0 Å². The summed E-state index contributed by atoms with van der Waals surface area (Å²) in [5.74, 6) is 0.605. The third kappa shape index (κ3) is 5.51. The maximum absolute atomic E-state index is 12.4. The molecule has 0 aromatic heterocycles. The molecule has 5 heteroatoms. The number of anilines is 1. The first-order valence-corrected chi connectivity index (χ1v) is 8.78. The SMILES string of the molecule is CCCN(Cc1cccc(N)c1)S(=O)(=O)CCC(C)C. The zero-order valence-corrected chi connectivity index (χ0v) is 13.5. The van der Waals surface area contributed by atoms with Gasteiger partial charge >= 0.3 is 0 Å². The zero-order valence-electron chi connectivity index (χ0n) is 12.7. The Labute approximate surface area is 123 Å². The molecular formula is C15H26N2O2S. The van der Waals surface area contributed by atoms with E-state index in [-0.39, 0.29) is 5.75 Å². The molecular weight excluding hydrogens is 272 g/mol. The number of hydrogen-bond donors (Lipinski definition) is 1. The Bertz CT molecular complexity index is 512. The predicted molar refractivity (Wildman–Crippen MR) is 84.8 cm³/mol. The van der Waals surface area contributed by atoms with Crippen molar-refractivity contribution in [1.29, 1.82) is 0 Å². The third-order valence-electron chi connectivity index (χ3n) is 3.13. The van der Waals surface area contributed by atoms with Crippen molar-refractivity contribution in [2.24, 2.45) is 5.92 Å². The van der Waals surface area contributed by atoms with Crippen LogP contribution >= 0.6 is 0 Å². The summed E-state index contributed by atoms with van der Waals surface area (Å²) >= 11 is 0. The predicted octanol–water partition coefficient (Wildman–Crippen LogP) is 2.86. The molecule has 0 saturated carbocycles. The van der Waals surface area contributed by atoms with E-state index in [0.717, 1.165) is 12.0 Å². The highest BCUT2D eigenvalue weighted by atomic mass is 32.2. The Kier molecular flexibility index (Phi) is 6.49. The van der Waals surface area contributed by atoms with Crippen molar-refractivity contribution < 1.29 is 8.42 Å². The molecule has 114 valence electrons. The summed E-state index contributed by atoms with van der Waals surface area (Å²) < 4.78 is 26.4. The molecule has 0 heterocycles. The van der Waals surface area contributed by atoms with Gasteiger partial charge in [0, 0.05) is 18.8 Å². The lowest BCUT2D eigenvalue weighted by Crippen LogP contribution is -2.33. The first-order valence-electron chi connectivity index (χ1n) is 7.17. The molecule has 1 aromatic carbocycles. The van der Waals surface area contributed by atoms with Crippen LogP contribution in [0.25, 0.3) is 0 Å². The number of hydrogen-bond acceptors (Lipinski definition) is 3. The lowest BCUT2D eigenvalue weighted by Gasteiger charge is -2.22. The molecule has 0 aliphatic carbocycles. The molecule has 0 fully saturated rings. The maximum atomic E-state index is 12.4. The van der Waals surface area contributed by atoms with Crippen molar-refractivity contribution >= 4 is 15.7 Å². The fraction of sp³-hybridized carbons (Fsp3) is 0.600. The second-order valence-electron chi connectivity index (χ2n) is 5.58. The van der Waals surface area contributed by atoms with Gasteiger partial charge in [0.05, 0.1) is 5.75 Å². The second-order valence-corrected chi connectivity index (χ2v) is 7.67. The Morgan fingerprint density at radius 1 is 1.30 bits per heavy atom. The van der Waals surface area contributed by atoms with Gasteiger partial charge in [0.1, 0.15) is 0 Å². The number of rotatable bonds is 8. The van der Waals surface area contributed by atoms with Crippen LogP contribution in [-0.4, -0.2) is 25.0 Å². The number of nitrogen functional groups attached to an aromatic ring is 1. The van der Waals surface area contributed by atoms with Crippen LogP contribution in [0.1, 0.15) is 39.2 Å². The minimum Gasteiger partial charge on any atom is -0.399 e. The average Bonchev–Trinajstić information content (AvgIpc) is 2.36. The van der Waals surface area contributed by atoms with Gasteiger partial charge in [-0.1, -0.05) is 32.9 Å². The first-order chi connectivity index (χ1) is 9.35. The molecule has 4 nitrogen and oxygen atoms in total. The Balaban J connectivity index is 2.82. The highest BCUT2D eigenvalue weighted by molar-refractivity contribution is 7.89. The highest BCUT2D eigenvalue weighted by Crippen LogP contribution is 2.15. The highest BCUT2D eigenvalue weighted by Gasteiger charge is 2.21. The van der Waals surface area contributed by atoms with Gasteiger partial charge in [-0.15, -0.1) is 0 Å². The van der Waals surface area contributed by atoms with Crippen molar-refractivity contribution in [2.75, 3.05) is 18.0 Å². The number of sulfonamides is 1. The summed E-state index contributed by atoms with van der Waals surface area (Å²) in [6.45, 7) is 7.02. The number of nitrogens with zero attached hydrogens (tertiary/aromatic N) is 1. The van der Waals surface area contributed by atoms with Crippen LogP contribution in [0.5, 0.6) is 0 Å². The van der Waals surface area contributed by atoms with Crippen LogP contribution in [0, 0.1) is 5.92 Å². The van der Waals surface area contributed by atoms with E-state index in [1.54, 1.807) is 10.4 Å². The summed E-state index contributed by atoms with van der Waals surface area (Å²) in [6, 6.07) is 7.41. The van der Waals surface area contributed by atoms with Gasteiger partial charge in [0.15, 0.2) is 0 Å². The van der Waals surface area contributed by atoms with Crippen molar-refractivity contribution in [1.82, 2.24) is 4.31 Å². The minimum absolute atomic E-state index is 0.215.